The summed E-state index contributed by atoms with van der Waals surface area (Å²) in [5.74, 6) is 1.11. The summed E-state index contributed by atoms with van der Waals surface area (Å²) in [7, 11) is 1.63. The van der Waals surface area contributed by atoms with Crippen LogP contribution >= 0.6 is 11.8 Å². The van der Waals surface area contributed by atoms with Crippen LogP contribution in [0.25, 0.3) is 0 Å². The molecule has 0 radical (unpaired) electrons. The normalized spacial score (nSPS) is 21.0. The van der Waals surface area contributed by atoms with E-state index in [0.717, 1.165) is 27.3 Å². The van der Waals surface area contributed by atoms with E-state index >= 15 is 0 Å². The van der Waals surface area contributed by atoms with E-state index in [9.17, 15) is 4.79 Å². The molecule has 1 saturated heterocycles. The number of aryl methyl sites for hydroxylation is 1. The van der Waals surface area contributed by atoms with Gasteiger partial charge in [-0.15, -0.1) is 0 Å². The summed E-state index contributed by atoms with van der Waals surface area (Å²) in [5, 5.41) is 0. The van der Waals surface area contributed by atoms with Gasteiger partial charge in [-0.05, 0) is 81.6 Å². The minimum absolute atomic E-state index is 0.332. The molecule has 1 fully saturated rings. The molecule has 0 N–H and O–H groups in total. The van der Waals surface area contributed by atoms with Crippen molar-refractivity contribution in [1.82, 2.24) is 0 Å². The maximum Gasteiger partial charge on any atom is 0.312 e. The second kappa shape index (κ2) is 17.0. The first-order valence-electron chi connectivity index (χ1n) is 16.4. The van der Waals surface area contributed by atoms with E-state index in [4.69, 9.17) is 28.4 Å². The zero-order valence-corrected chi connectivity index (χ0v) is 29.2. The molecule has 0 amide bonds. The molecule has 1 heterocycles. The van der Waals surface area contributed by atoms with E-state index in [1.807, 2.05) is 106 Å². The van der Waals surface area contributed by atoms with E-state index in [2.05, 4.69) is 31.2 Å². The highest BCUT2D eigenvalue weighted by atomic mass is 32.2. The molecule has 4 aromatic rings. The van der Waals surface area contributed by atoms with Gasteiger partial charge in [0.2, 0.25) is 0 Å². The highest BCUT2D eigenvalue weighted by Crippen LogP contribution is 2.39. The van der Waals surface area contributed by atoms with E-state index in [-0.39, 0.29) is 12.1 Å². The molecule has 7 nitrogen and oxygen atoms in total. The Labute approximate surface area is 288 Å². The van der Waals surface area contributed by atoms with Crippen molar-refractivity contribution in [2.24, 2.45) is 5.41 Å². The molecular weight excluding hydrogens is 625 g/mol. The number of hydrogen-bond acceptors (Lipinski definition) is 8. The number of carbonyl (C=O) groups excluding carboxylic acids is 1. The molecule has 0 saturated carbocycles. The molecule has 1 aliphatic rings. The Morgan fingerprint density at radius 2 is 1.31 bits per heavy atom. The number of carbonyl (C=O) groups is 1. The number of ether oxygens (including phenoxy) is 6. The molecule has 48 heavy (non-hydrogen) atoms. The first kappa shape index (κ1) is 35.5. The number of hydrogen-bond donors (Lipinski definition) is 0. The van der Waals surface area contributed by atoms with Crippen LogP contribution in [0.2, 0.25) is 0 Å². The van der Waals surface area contributed by atoms with Gasteiger partial charge in [0.15, 0.2) is 6.10 Å². The Morgan fingerprint density at radius 1 is 0.750 bits per heavy atom. The lowest BCUT2D eigenvalue weighted by atomic mass is 9.89. The first-order chi connectivity index (χ1) is 23.2. The summed E-state index contributed by atoms with van der Waals surface area (Å²) in [5.41, 5.74) is 1.84. The molecule has 5 atom stereocenters. The second-order valence-electron chi connectivity index (χ2n) is 12.7. The standard InChI is InChI=1S/C40H46O7S/c1-28-16-22-34(23-17-28)48-38-37(47-39(41)40(3,4)24-25-43-33-20-18-32(42-5)19-21-33)36(45-27-31-14-10-7-11-15-31)35(29(2)46-38)44-26-30-12-8-6-9-13-30/h6-23,29,35-38H,24-27H2,1-5H3/t29-,35-,36+,37+,38-/m0/s1. The van der Waals surface area contributed by atoms with Gasteiger partial charge in [0.1, 0.15) is 29.1 Å². The topological polar surface area (TPSA) is 72.5 Å². The highest BCUT2D eigenvalue weighted by Gasteiger charge is 2.49. The Kier molecular flexibility index (Phi) is 12.6. The Morgan fingerprint density at radius 3 is 1.90 bits per heavy atom. The van der Waals surface area contributed by atoms with Crippen LogP contribution in [-0.2, 0) is 37.0 Å². The quantitative estimate of drug-likeness (QED) is 0.117. The fourth-order valence-corrected chi connectivity index (χ4v) is 6.52. The van der Waals surface area contributed by atoms with Crippen molar-refractivity contribution in [2.45, 2.75) is 82.1 Å². The Bertz CT molecular complexity index is 1540. The van der Waals surface area contributed by atoms with Crippen LogP contribution < -0.4 is 9.47 Å². The van der Waals surface area contributed by atoms with E-state index in [1.54, 1.807) is 7.11 Å². The monoisotopic (exact) mass is 670 g/mol. The van der Waals surface area contributed by atoms with Crippen LogP contribution in [0.4, 0.5) is 0 Å². The number of benzene rings is 4. The van der Waals surface area contributed by atoms with Crippen molar-refractivity contribution in [3.05, 3.63) is 126 Å². The van der Waals surface area contributed by atoms with E-state index < -0.39 is 29.2 Å². The predicted octanol–water partition coefficient (Wildman–Crippen LogP) is 8.42. The molecule has 4 aromatic carbocycles. The summed E-state index contributed by atoms with van der Waals surface area (Å²) < 4.78 is 37.5. The lowest BCUT2D eigenvalue weighted by molar-refractivity contribution is -0.241. The van der Waals surface area contributed by atoms with Crippen LogP contribution in [0.1, 0.15) is 43.9 Å². The molecule has 0 bridgehead atoms. The van der Waals surface area contributed by atoms with Gasteiger partial charge in [0.25, 0.3) is 0 Å². The molecule has 0 aromatic heterocycles. The minimum atomic E-state index is -0.848. The molecule has 0 unspecified atom stereocenters. The number of esters is 1. The first-order valence-corrected chi connectivity index (χ1v) is 17.3. The smallest absolute Gasteiger partial charge is 0.312 e. The zero-order chi connectivity index (χ0) is 33.9. The van der Waals surface area contributed by atoms with Crippen LogP contribution in [-0.4, -0.2) is 49.5 Å². The molecular formula is C40H46O7S. The van der Waals surface area contributed by atoms with Crippen LogP contribution in [0, 0.1) is 12.3 Å². The van der Waals surface area contributed by atoms with Gasteiger partial charge in [-0.25, -0.2) is 0 Å². The summed E-state index contributed by atoms with van der Waals surface area (Å²) in [4.78, 5) is 15.0. The van der Waals surface area contributed by atoms with Crippen LogP contribution in [0.15, 0.2) is 114 Å². The predicted molar refractivity (Wildman–Crippen MR) is 188 cm³/mol. The van der Waals surface area contributed by atoms with Crippen molar-refractivity contribution in [3.63, 3.8) is 0 Å². The van der Waals surface area contributed by atoms with Gasteiger partial charge in [-0.1, -0.05) is 90.1 Å². The zero-order valence-electron chi connectivity index (χ0n) is 28.4. The molecule has 0 spiro atoms. The van der Waals surface area contributed by atoms with Crippen molar-refractivity contribution >= 4 is 17.7 Å². The van der Waals surface area contributed by atoms with Crippen molar-refractivity contribution in [1.29, 1.82) is 0 Å². The molecule has 8 heteroatoms. The third kappa shape index (κ3) is 9.86. The van der Waals surface area contributed by atoms with Gasteiger partial charge in [-0.2, -0.15) is 0 Å². The van der Waals surface area contributed by atoms with Crippen LogP contribution in [0.5, 0.6) is 11.5 Å². The Balaban J connectivity index is 1.38. The van der Waals surface area contributed by atoms with Crippen molar-refractivity contribution < 1.29 is 33.2 Å². The fraction of sp³-hybridized carbons (Fsp3) is 0.375. The average Bonchev–Trinajstić information content (AvgIpc) is 3.10. The molecule has 1 aliphatic heterocycles. The SMILES string of the molecule is COc1ccc(OCCC(C)(C)C(=O)O[C@@H]2[C@H](OCc3ccccc3)[C@@H](OCc3ccccc3)[C@H](C)O[C@H]2Sc2ccc(C)cc2)cc1. The van der Waals surface area contributed by atoms with Crippen molar-refractivity contribution in [3.8, 4) is 11.5 Å². The summed E-state index contributed by atoms with van der Waals surface area (Å²) in [6.07, 6.45) is -1.75. The summed E-state index contributed by atoms with van der Waals surface area (Å²) in [6.45, 7) is 8.85. The molecule has 0 aliphatic carbocycles. The van der Waals surface area contributed by atoms with Gasteiger partial charge < -0.3 is 28.4 Å². The summed E-state index contributed by atoms with van der Waals surface area (Å²) in [6, 6.07) is 35.6. The van der Waals surface area contributed by atoms with E-state index in [0.29, 0.717) is 32.0 Å². The lowest BCUT2D eigenvalue weighted by Gasteiger charge is -2.45. The fourth-order valence-electron chi connectivity index (χ4n) is 5.38. The number of thioether (sulfide) groups is 1. The van der Waals surface area contributed by atoms with E-state index in [1.165, 1.54) is 11.8 Å². The third-order valence-electron chi connectivity index (χ3n) is 8.42. The van der Waals surface area contributed by atoms with Crippen LogP contribution in [0.3, 0.4) is 0 Å². The van der Waals surface area contributed by atoms with Gasteiger partial charge in [0, 0.05) is 4.90 Å². The van der Waals surface area contributed by atoms with Gasteiger partial charge in [0.05, 0.1) is 38.4 Å². The average molecular weight is 671 g/mol. The molecule has 5 rings (SSSR count). The largest absolute Gasteiger partial charge is 0.497 e. The molecule has 254 valence electrons. The lowest BCUT2D eigenvalue weighted by Crippen LogP contribution is -2.59. The number of rotatable bonds is 15. The maximum atomic E-state index is 14.0. The second-order valence-corrected chi connectivity index (χ2v) is 13.9. The third-order valence-corrected chi connectivity index (χ3v) is 9.58. The highest BCUT2D eigenvalue weighted by molar-refractivity contribution is 7.99. The summed E-state index contributed by atoms with van der Waals surface area (Å²) >= 11 is 1.53. The van der Waals surface area contributed by atoms with Crippen molar-refractivity contribution in [2.75, 3.05) is 13.7 Å². The maximum absolute atomic E-state index is 14.0. The van der Waals surface area contributed by atoms with Gasteiger partial charge >= 0.3 is 5.97 Å². The number of methoxy groups -OCH3 is 1. The van der Waals surface area contributed by atoms with Gasteiger partial charge in [-0.3, -0.25) is 4.79 Å². The Hall–Kier alpha value is -3.82. The minimum Gasteiger partial charge on any atom is -0.497 e.